The Morgan fingerprint density at radius 1 is 0.971 bits per heavy atom. The van der Waals surface area contributed by atoms with Crippen molar-refractivity contribution in [3.63, 3.8) is 0 Å². The van der Waals surface area contributed by atoms with E-state index in [9.17, 15) is 23.2 Å². The number of amides is 2. The van der Waals surface area contributed by atoms with Gasteiger partial charge in [-0.05, 0) is 53.4 Å². The number of hydrogen-bond acceptors (Lipinski definition) is 4. The third kappa shape index (κ3) is 4.35. The van der Waals surface area contributed by atoms with Gasteiger partial charge >= 0.3 is 18.0 Å². The molecule has 3 aliphatic carbocycles. The maximum Gasteiger partial charge on any atom is 0.407 e. The summed E-state index contributed by atoms with van der Waals surface area (Å²) in [5.74, 6) is -7.04. The molecule has 0 saturated heterocycles. The number of rotatable bonds is 7. The Kier molecular flexibility index (Phi) is 5.94. The normalized spacial score (nSPS) is 24.5. The van der Waals surface area contributed by atoms with E-state index in [1.165, 1.54) is 0 Å². The molecule has 3 aliphatic rings. The molecule has 2 aromatic carbocycles. The Morgan fingerprint density at radius 3 is 2.23 bits per heavy atom. The average molecular weight is 484 g/mol. The van der Waals surface area contributed by atoms with E-state index in [1.807, 2.05) is 36.4 Å². The zero-order chi connectivity index (χ0) is 24.7. The van der Waals surface area contributed by atoms with Crippen LogP contribution in [0.4, 0.5) is 13.6 Å². The molecule has 2 amide bonds. The van der Waals surface area contributed by atoms with E-state index in [4.69, 9.17) is 9.84 Å². The Morgan fingerprint density at radius 2 is 1.60 bits per heavy atom. The number of hydrogen-bond donors (Lipinski definition) is 3. The number of benzene rings is 2. The standard InChI is InChI=1S/C26H26F2N2O5/c27-26(28,24(32)33)13-29-23(31)15-9-14-11-22(20(14)10-15)30-25(34)35-12-21-18-7-3-1-5-16(18)17-6-2-4-8-19(17)21/h1-8,14-15,20-22H,9-13H2,(H,29,31)(H,30,34)(H,32,33)/t14-,15?,20-,22+/m0/s1. The van der Waals surface area contributed by atoms with Crippen molar-refractivity contribution in [3.05, 3.63) is 59.7 Å². The minimum Gasteiger partial charge on any atom is -0.477 e. The van der Waals surface area contributed by atoms with Crippen LogP contribution in [0.15, 0.2) is 48.5 Å². The molecule has 2 fully saturated rings. The van der Waals surface area contributed by atoms with Crippen molar-refractivity contribution in [2.45, 2.75) is 37.1 Å². The molecule has 0 aliphatic heterocycles. The fraction of sp³-hybridized carbons (Fsp3) is 0.423. The van der Waals surface area contributed by atoms with Gasteiger partial charge in [-0.25, -0.2) is 9.59 Å². The first-order valence-electron chi connectivity index (χ1n) is 11.7. The third-order valence-electron chi connectivity index (χ3n) is 7.64. The zero-order valence-electron chi connectivity index (χ0n) is 18.9. The molecule has 9 heteroatoms. The molecule has 35 heavy (non-hydrogen) atoms. The average Bonchev–Trinajstić information content (AvgIpc) is 3.35. The smallest absolute Gasteiger partial charge is 0.407 e. The molecule has 2 aromatic rings. The van der Waals surface area contributed by atoms with Crippen LogP contribution in [0.1, 0.15) is 36.3 Å². The lowest BCUT2D eigenvalue weighted by Gasteiger charge is -2.40. The molecule has 0 bridgehead atoms. The molecule has 0 heterocycles. The van der Waals surface area contributed by atoms with E-state index in [0.29, 0.717) is 19.3 Å². The quantitative estimate of drug-likeness (QED) is 0.555. The van der Waals surface area contributed by atoms with E-state index >= 15 is 0 Å². The number of nitrogens with one attached hydrogen (secondary N) is 2. The molecule has 184 valence electrons. The summed E-state index contributed by atoms with van der Waals surface area (Å²) in [7, 11) is 0. The van der Waals surface area contributed by atoms with Gasteiger partial charge in [0.2, 0.25) is 5.91 Å². The van der Waals surface area contributed by atoms with Gasteiger partial charge in [0.25, 0.3) is 0 Å². The summed E-state index contributed by atoms with van der Waals surface area (Å²) in [4.78, 5) is 35.3. The van der Waals surface area contributed by atoms with E-state index in [1.54, 1.807) is 0 Å². The second-order valence-corrected chi connectivity index (χ2v) is 9.63. The van der Waals surface area contributed by atoms with Crippen LogP contribution in [0.25, 0.3) is 11.1 Å². The first-order valence-corrected chi connectivity index (χ1v) is 11.7. The van der Waals surface area contributed by atoms with E-state index in [0.717, 1.165) is 22.3 Å². The summed E-state index contributed by atoms with van der Waals surface area (Å²) in [5.41, 5.74) is 4.55. The van der Waals surface area contributed by atoms with Gasteiger partial charge in [0.15, 0.2) is 0 Å². The molecule has 2 saturated carbocycles. The fourth-order valence-corrected chi connectivity index (χ4v) is 5.82. The van der Waals surface area contributed by atoms with Crippen molar-refractivity contribution in [1.82, 2.24) is 10.6 Å². The van der Waals surface area contributed by atoms with Gasteiger partial charge in [-0.15, -0.1) is 0 Å². The van der Waals surface area contributed by atoms with Crippen molar-refractivity contribution in [3.8, 4) is 11.1 Å². The number of carboxylic acids is 1. The third-order valence-corrected chi connectivity index (χ3v) is 7.64. The predicted octanol–water partition coefficient (Wildman–Crippen LogP) is 3.78. The molecular weight excluding hydrogens is 458 g/mol. The van der Waals surface area contributed by atoms with Crippen LogP contribution in [0.5, 0.6) is 0 Å². The number of alkyl halides is 2. The second kappa shape index (κ2) is 8.94. The number of fused-ring (bicyclic) bond motifs is 4. The SMILES string of the molecule is O=C(N[C@@H]1C[C@@H]2CC(C(=O)NCC(F)(F)C(=O)O)C[C@@H]21)OCC1c2ccccc2-c2ccccc21. The van der Waals surface area contributed by atoms with Crippen LogP contribution in [0, 0.1) is 17.8 Å². The predicted molar refractivity (Wildman–Crippen MR) is 122 cm³/mol. The van der Waals surface area contributed by atoms with E-state index in [-0.39, 0.29) is 30.4 Å². The molecule has 4 atom stereocenters. The molecule has 0 aromatic heterocycles. The molecule has 7 nitrogen and oxygen atoms in total. The van der Waals surface area contributed by atoms with Crippen LogP contribution >= 0.6 is 0 Å². The van der Waals surface area contributed by atoms with Crippen molar-refractivity contribution >= 4 is 18.0 Å². The molecular formula is C26H26F2N2O5. The van der Waals surface area contributed by atoms with Crippen LogP contribution in [0.3, 0.4) is 0 Å². The van der Waals surface area contributed by atoms with Crippen LogP contribution in [-0.4, -0.2) is 48.2 Å². The highest BCUT2D eigenvalue weighted by Gasteiger charge is 2.50. The highest BCUT2D eigenvalue weighted by Crippen LogP contribution is 2.50. The Balaban J connectivity index is 1.12. The minimum atomic E-state index is -4.00. The molecule has 0 spiro atoms. The lowest BCUT2D eigenvalue weighted by Crippen LogP contribution is -2.50. The summed E-state index contributed by atoms with van der Waals surface area (Å²) in [6.45, 7) is -1.02. The van der Waals surface area contributed by atoms with Gasteiger partial charge in [0, 0.05) is 17.9 Å². The molecule has 3 N–H and O–H groups in total. The maximum absolute atomic E-state index is 13.2. The zero-order valence-corrected chi connectivity index (χ0v) is 18.9. The molecule has 0 radical (unpaired) electrons. The first-order chi connectivity index (χ1) is 16.7. The molecule has 1 unspecified atom stereocenters. The molecule has 5 rings (SSSR count). The van der Waals surface area contributed by atoms with E-state index in [2.05, 4.69) is 22.8 Å². The minimum absolute atomic E-state index is 0.0363. The first kappa shape index (κ1) is 23.3. The summed E-state index contributed by atoms with van der Waals surface area (Å²) in [6, 6.07) is 16.0. The fourth-order valence-electron chi connectivity index (χ4n) is 5.82. The number of carboxylic acid groups (broad SMARTS) is 1. The van der Waals surface area contributed by atoms with Crippen molar-refractivity contribution in [2.75, 3.05) is 13.2 Å². The van der Waals surface area contributed by atoms with Crippen LogP contribution in [-0.2, 0) is 14.3 Å². The Labute approximate surface area is 200 Å². The monoisotopic (exact) mass is 484 g/mol. The maximum atomic E-state index is 13.2. The van der Waals surface area contributed by atoms with Gasteiger partial charge < -0.3 is 20.5 Å². The van der Waals surface area contributed by atoms with Crippen molar-refractivity contribution in [1.29, 1.82) is 0 Å². The summed E-state index contributed by atoms with van der Waals surface area (Å²) in [5, 5.41) is 13.4. The highest BCUT2D eigenvalue weighted by molar-refractivity contribution is 5.81. The number of ether oxygens (including phenoxy) is 1. The van der Waals surface area contributed by atoms with Crippen molar-refractivity contribution in [2.24, 2.45) is 17.8 Å². The van der Waals surface area contributed by atoms with Gasteiger partial charge in [0.1, 0.15) is 6.61 Å². The van der Waals surface area contributed by atoms with E-state index < -0.39 is 36.4 Å². The summed E-state index contributed by atoms with van der Waals surface area (Å²) >= 11 is 0. The Bertz CT molecular complexity index is 1120. The van der Waals surface area contributed by atoms with Gasteiger partial charge in [-0.1, -0.05) is 48.5 Å². The van der Waals surface area contributed by atoms with Crippen LogP contribution in [0.2, 0.25) is 0 Å². The number of alkyl carbamates (subject to hydrolysis) is 1. The topological polar surface area (TPSA) is 105 Å². The second-order valence-electron chi connectivity index (χ2n) is 9.63. The Hall–Kier alpha value is -3.49. The van der Waals surface area contributed by atoms with Gasteiger partial charge in [-0.2, -0.15) is 8.78 Å². The number of carbonyl (C=O) groups excluding carboxylic acids is 2. The number of aliphatic carboxylic acids is 1. The summed E-state index contributed by atoms with van der Waals surface area (Å²) < 4.78 is 32.1. The summed E-state index contributed by atoms with van der Waals surface area (Å²) in [6.07, 6.45) is 1.19. The number of halogens is 2. The number of carbonyl (C=O) groups is 3. The largest absolute Gasteiger partial charge is 0.477 e. The van der Waals surface area contributed by atoms with Gasteiger partial charge in [0.05, 0.1) is 6.54 Å². The van der Waals surface area contributed by atoms with Gasteiger partial charge in [-0.3, -0.25) is 4.79 Å². The van der Waals surface area contributed by atoms with Crippen LogP contribution < -0.4 is 10.6 Å². The lowest BCUT2D eigenvalue weighted by molar-refractivity contribution is -0.164. The lowest BCUT2D eigenvalue weighted by atomic mass is 9.71. The highest BCUT2D eigenvalue weighted by atomic mass is 19.3. The van der Waals surface area contributed by atoms with Crippen molar-refractivity contribution < 1.29 is 33.0 Å².